The summed E-state index contributed by atoms with van der Waals surface area (Å²) in [5, 5.41) is 12.9. The van der Waals surface area contributed by atoms with Crippen LogP contribution in [0.1, 0.15) is 33.1 Å². The van der Waals surface area contributed by atoms with Gasteiger partial charge in [0.2, 0.25) is 0 Å². The molecular formula is C15H24N2O2. The van der Waals surface area contributed by atoms with Gasteiger partial charge >= 0.3 is 0 Å². The number of ether oxygens (including phenoxy) is 1. The van der Waals surface area contributed by atoms with Gasteiger partial charge in [0.05, 0.1) is 17.9 Å². The van der Waals surface area contributed by atoms with Gasteiger partial charge in [0.1, 0.15) is 5.75 Å². The summed E-state index contributed by atoms with van der Waals surface area (Å²) in [5.74, 6) is 1.29. The number of rotatable bonds is 5. The van der Waals surface area contributed by atoms with Gasteiger partial charge in [-0.05, 0) is 51.2 Å². The molecule has 1 aromatic carbocycles. The molecule has 0 spiro atoms. The fraction of sp³-hybridized carbons (Fsp3) is 0.600. The number of nitrogens with one attached hydrogen (secondary N) is 1. The first-order valence-electron chi connectivity index (χ1n) is 7.02. The van der Waals surface area contributed by atoms with Crippen LogP contribution in [-0.4, -0.2) is 23.9 Å². The van der Waals surface area contributed by atoms with Gasteiger partial charge in [-0.3, -0.25) is 0 Å². The molecule has 0 saturated heterocycles. The Hall–Kier alpha value is -1.42. The standard InChI is InChI=1S/C15H24N2O2/c1-10(2)19-15-8-12(4-6-14(15)16)17-9-11-3-5-13(18)7-11/h4,6,8,10-11,13,17-18H,3,5,7,9,16H2,1-2H3. The van der Waals surface area contributed by atoms with E-state index in [1.807, 2.05) is 32.0 Å². The molecule has 1 aliphatic rings. The largest absolute Gasteiger partial charge is 0.489 e. The second-order valence-electron chi connectivity index (χ2n) is 5.63. The number of aliphatic hydroxyl groups excluding tert-OH is 1. The van der Waals surface area contributed by atoms with Crippen LogP contribution >= 0.6 is 0 Å². The van der Waals surface area contributed by atoms with Crippen molar-refractivity contribution in [2.75, 3.05) is 17.6 Å². The highest BCUT2D eigenvalue weighted by Gasteiger charge is 2.22. The van der Waals surface area contributed by atoms with E-state index >= 15 is 0 Å². The Morgan fingerprint density at radius 2 is 2.21 bits per heavy atom. The van der Waals surface area contributed by atoms with Crippen LogP contribution in [0.25, 0.3) is 0 Å². The predicted molar refractivity (Wildman–Crippen MR) is 78.5 cm³/mol. The first-order valence-corrected chi connectivity index (χ1v) is 7.02. The molecule has 1 aliphatic carbocycles. The molecule has 0 aromatic heterocycles. The molecule has 1 aromatic rings. The van der Waals surface area contributed by atoms with Crippen LogP contribution in [0, 0.1) is 5.92 Å². The van der Waals surface area contributed by atoms with Crippen molar-refractivity contribution in [2.45, 2.75) is 45.3 Å². The van der Waals surface area contributed by atoms with Crippen molar-refractivity contribution < 1.29 is 9.84 Å². The Morgan fingerprint density at radius 1 is 1.42 bits per heavy atom. The number of benzene rings is 1. The van der Waals surface area contributed by atoms with Crippen LogP contribution in [-0.2, 0) is 0 Å². The summed E-state index contributed by atoms with van der Waals surface area (Å²) in [4.78, 5) is 0. The number of hydrogen-bond donors (Lipinski definition) is 3. The molecule has 0 bridgehead atoms. The molecular weight excluding hydrogens is 240 g/mol. The number of hydrogen-bond acceptors (Lipinski definition) is 4. The van der Waals surface area contributed by atoms with E-state index < -0.39 is 0 Å². The molecule has 4 N–H and O–H groups in total. The molecule has 106 valence electrons. The molecule has 0 heterocycles. The van der Waals surface area contributed by atoms with Gasteiger partial charge in [0, 0.05) is 18.3 Å². The van der Waals surface area contributed by atoms with E-state index in [0.717, 1.165) is 37.2 Å². The zero-order chi connectivity index (χ0) is 13.8. The molecule has 0 radical (unpaired) electrons. The fourth-order valence-electron chi connectivity index (χ4n) is 2.50. The number of aliphatic hydroxyl groups is 1. The van der Waals surface area contributed by atoms with E-state index in [0.29, 0.717) is 11.6 Å². The second kappa shape index (κ2) is 6.15. The van der Waals surface area contributed by atoms with E-state index in [1.54, 1.807) is 0 Å². The van der Waals surface area contributed by atoms with E-state index in [1.165, 1.54) is 0 Å². The highest BCUT2D eigenvalue weighted by Crippen LogP contribution is 2.29. The van der Waals surface area contributed by atoms with Crippen molar-refractivity contribution in [1.82, 2.24) is 0 Å². The summed E-state index contributed by atoms with van der Waals surface area (Å²) >= 11 is 0. The van der Waals surface area contributed by atoms with Crippen LogP contribution < -0.4 is 15.8 Å². The summed E-state index contributed by atoms with van der Waals surface area (Å²) in [6.45, 7) is 4.86. The van der Waals surface area contributed by atoms with Gasteiger partial charge in [0.25, 0.3) is 0 Å². The Morgan fingerprint density at radius 3 is 2.84 bits per heavy atom. The van der Waals surface area contributed by atoms with Crippen molar-refractivity contribution in [1.29, 1.82) is 0 Å². The minimum Gasteiger partial charge on any atom is -0.489 e. The maximum atomic E-state index is 9.51. The molecule has 2 rings (SSSR count). The maximum Gasteiger partial charge on any atom is 0.144 e. The lowest BCUT2D eigenvalue weighted by Gasteiger charge is -2.16. The van der Waals surface area contributed by atoms with E-state index in [9.17, 15) is 5.11 Å². The molecule has 2 unspecified atom stereocenters. The zero-order valence-corrected chi connectivity index (χ0v) is 11.7. The molecule has 1 saturated carbocycles. The van der Waals surface area contributed by atoms with Crippen LogP contribution in [0.2, 0.25) is 0 Å². The Balaban J connectivity index is 1.93. The number of anilines is 2. The summed E-state index contributed by atoms with van der Waals surface area (Å²) in [5.41, 5.74) is 7.57. The van der Waals surface area contributed by atoms with Gasteiger partial charge in [-0.15, -0.1) is 0 Å². The second-order valence-corrected chi connectivity index (χ2v) is 5.63. The topological polar surface area (TPSA) is 67.5 Å². The average Bonchev–Trinajstić information content (AvgIpc) is 2.75. The molecule has 4 nitrogen and oxygen atoms in total. The van der Waals surface area contributed by atoms with E-state index in [4.69, 9.17) is 10.5 Å². The van der Waals surface area contributed by atoms with Crippen molar-refractivity contribution in [3.63, 3.8) is 0 Å². The van der Waals surface area contributed by atoms with Gasteiger partial charge in [0.15, 0.2) is 0 Å². The van der Waals surface area contributed by atoms with Crippen molar-refractivity contribution in [2.24, 2.45) is 5.92 Å². The highest BCUT2D eigenvalue weighted by molar-refractivity contribution is 5.61. The Kier molecular flexibility index (Phi) is 4.53. The smallest absolute Gasteiger partial charge is 0.144 e. The van der Waals surface area contributed by atoms with Gasteiger partial charge in [-0.1, -0.05) is 0 Å². The van der Waals surface area contributed by atoms with E-state index in [2.05, 4.69) is 5.32 Å². The molecule has 19 heavy (non-hydrogen) atoms. The lowest BCUT2D eigenvalue weighted by Crippen LogP contribution is -2.13. The predicted octanol–water partition coefficient (Wildman–Crippen LogP) is 2.63. The number of nitrogens with two attached hydrogens (primary N) is 1. The quantitative estimate of drug-likeness (QED) is 0.715. The zero-order valence-electron chi connectivity index (χ0n) is 11.7. The first kappa shape index (κ1) is 14.0. The Labute approximate surface area is 115 Å². The highest BCUT2D eigenvalue weighted by atomic mass is 16.5. The maximum absolute atomic E-state index is 9.51. The molecule has 2 atom stereocenters. The van der Waals surface area contributed by atoms with Crippen molar-refractivity contribution in [3.8, 4) is 5.75 Å². The molecule has 4 heteroatoms. The summed E-state index contributed by atoms with van der Waals surface area (Å²) < 4.78 is 5.67. The van der Waals surface area contributed by atoms with Crippen molar-refractivity contribution in [3.05, 3.63) is 18.2 Å². The van der Waals surface area contributed by atoms with Gasteiger partial charge < -0.3 is 20.9 Å². The third kappa shape index (κ3) is 4.03. The summed E-state index contributed by atoms with van der Waals surface area (Å²) in [6.07, 6.45) is 2.92. The van der Waals surface area contributed by atoms with Crippen LogP contribution in [0.5, 0.6) is 5.75 Å². The van der Waals surface area contributed by atoms with Crippen molar-refractivity contribution >= 4 is 11.4 Å². The van der Waals surface area contributed by atoms with E-state index in [-0.39, 0.29) is 12.2 Å². The first-order chi connectivity index (χ1) is 9.04. The van der Waals surface area contributed by atoms with Gasteiger partial charge in [-0.25, -0.2) is 0 Å². The summed E-state index contributed by atoms with van der Waals surface area (Å²) in [7, 11) is 0. The van der Waals surface area contributed by atoms with Crippen LogP contribution in [0.3, 0.4) is 0 Å². The normalized spacial score (nSPS) is 22.7. The summed E-state index contributed by atoms with van der Waals surface area (Å²) in [6, 6.07) is 5.78. The van der Waals surface area contributed by atoms with Crippen LogP contribution in [0.4, 0.5) is 11.4 Å². The monoisotopic (exact) mass is 264 g/mol. The Bertz CT molecular complexity index is 421. The minimum absolute atomic E-state index is 0.113. The SMILES string of the molecule is CC(C)Oc1cc(NCC2CCC(O)C2)ccc1N. The average molecular weight is 264 g/mol. The third-order valence-electron chi connectivity index (χ3n) is 3.48. The lowest BCUT2D eigenvalue weighted by atomic mass is 10.1. The lowest BCUT2D eigenvalue weighted by molar-refractivity contribution is 0.178. The minimum atomic E-state index is -0.113. The van der Waals surface area contributed by atoms with Crippen LogP contribution in [0.15, 0.2) is 18.2 Å². The molecule has 1 fully saturated rings. The molecule has 0 aliphatic heterocycles. The molecule has 0 amide bonds. The fourth-order valence-corrected chi connectivity index (χ4v) is 2.50. The number of nitrogen functional groups attached to an aromatic ring is 1. The third-order valence-corrected chi connectivity index (χ3v) is 3.48. The van der Waals surface area contributed by atoms with Gasteiger partial charge in [-0.2, -0.15) is 0 Å².